The van der Waals surface area contributed by atoms with E-state index in [1.54, 1.807) is 24.3 Å². The molecule has 12 heavy (non-hydrogen) atoms. The van der Waals surface area contributed by atoms with E-state index >= 15 is 0 Å². The van der Waals surface area contributed by atoms with Gasteiger partial charge in [0.05, 0.1) is 12.7 Å². The van der Waals surface area contributed by atoms with E-state index in [1.165, 1.54) is 7.11 Å². The first kappa shape index (κ1) is 8.81. The van der Waals surface area contributed by atoms with Gasteiger partial charge in [0.2, 0.25) is 0 Å². The number of hydrogen-bond acceptors (Lipinski definition) is 3. The zero-order valence-electron chi connectivity index (χ0n) is 6.65. The van der Waals surface area contributed by atoms with Crippen LogP contribution in [0.2, 0.25) is 0 Å². The monoisotopic (exact) mass is 163 g/mol. The summed E-state index contributed by atoms with van der Waals surface area (Å²) in [5, 5.41) is 8.73. The predicted octanol–water partition coefficient (Wildman–Crippen LogP) is -0.290. The summed E-state index contributed by atoms with van der Waals surface area (Å²) in [5.41, 5.74) is 0.826. The van der Waals surface area contributed by atoms with E-state index in [9.17, 15) is 4.79 Å². The van der Waals surface area contributed by atoms with E-state index in [2.05, 4.69) is 4.74 Å². The van der Waals surface area contributed by atoms with Crippen LogP contribution in [0, 0.1) is 0 Å². The summed E-state index contributed by atoms with van der Waals surface area (Å²) in [7, 11) is 2.18. The molecule has 0 saturated heterocycles. The molecule has 0 aliphatic heterocycles. The van der Waals surface area contributed by atoms with Crippen LogP contribution in [0.1, 0.15) is 10.4 Å². The first-order valence-corrected chi connectivity index (χ1v) is 3.44. The third-order valence-corrected chi connectivity index (χ3v) is 1.51. The van der Waals surface area contributed by atoms with Crippen LogP contribution in [0.3, 0.4) is 0 Å². The lowest BCUT2D eigenvalue weighted by molar-refractivity contribution is 0.0602. The average Bonchev–Trinajstić information content (AvgIpc) is 2.16. The molecular weight excluding hydrogens is 155 g/mol. The number of rotatable bonds is 2. The minimum atomic E-state index is -0.448. The molecule has 4 heteroatoms. The Morgan fingerprint density at radius 1 is 1.50 bits per heavy atom. The lowest BCUT2D eigenvalue weighted by Crippen LogP contribution is -2.22. The molecule has 1 rings (SSSR count). The minimum absolute atomic E-state index is 0.363. The van der Waals surface area contributed by atoms with Crippen molar-refractivity contribution in [3.8, 4) is 0 Å². The lowest BCUT2D eigenvalue weighted by Gasteiger charge is -2.02. The van der Waals surface area contributed by atoms with Gasteiger partial charge in [0.25, 0.3) is 0 Å². The molecule has 1 radical (unpaired) electrons. The van der Waals surface area contributed by atoms with Crippen molar-refractivity contribution < 1.29 is 14.6 Å². The van der Waals surface area contributed by atoms with Crippen molar-refractivity contribution in [2.75, 3.05) is 7.11 Å². The SMILES string of the molecule is COC(=O)c1ccccc1[B]O. The molecule has 1 N–H and O–H groups in total. The summed E-state index contributed by atoms with van der Waals surface area (Å²) in [5.74, 6) is -0.448. The zero-order valence-corrected chi connectivity index (χ0v) is 6.65. The largest absolute Gasteiger partial charge is 0.465 e. The first-order valence-electron chi connectivity index (χ1n) is 3.44. The van der Waals surface area contributed by atoms with Crippen molar-refractivity contribution in [1.82, 2.24) is 0 Å². The molecule has 0 aliphatic rings. The highest BCUT2D eigenvalue weighted by atomic mass is 16.5. The molecule has 0 heterocycles. The van der Waals surface area contributed by atoms with E-state index in [-0.39, 0.29) is 0 Å². The van der Waals surface area contributed by atoms with Crippen molar-refractivity contribution in [1.29, 1.82) is 0 Å². The first-order chi connectivity index (χ1) is 5.79. The Kier molecular flexibility index (Phi) is 2.88. The van der Waals surface area contributed by atoms with Crippen molar-refractivity contribution in [3.63, 3.8) is 0 Å². The van der Waals surface area contributed by atoms with Crippen molar-refractivity contribution in [3.05, 3.63) is 29.8 Å². The van der Waals surface area contributed by atoms with E-state index in [1.807, 2.05) is 0 Å². The summed E-state index contributed by atoms with van der Waals surface area (Å²) in [6.45, 7) is 0. The third-order valence-electron chi connectivity index (χ3n) is 1.51. The van der Waals surface area contributed by atoms with Gasteiger partial charge in [-0.2, -0.15) is 0 Å². The molecule has 61 valence electrons. The minimum Gasteiger partial charge on any atom is -0.465 e. The summed E-state index contributed by atoms with van der Waals surface area (Å²) < 4.78 is 4.51. The summed E-state index contributed by atoms with van der Waals surface area (Å²) in [6.07, 6.45) is 0. The van der Waals surface area contributed by atoms with Crippen LogP contribution in [0.4, 0.5) is 0 Å². The Balaban J connectivity index is 3.04. The van der Waals surface area contributed by atoms with Gasteiger partial charge in [-0.1, -0.05) is 18.2 Å². The topological polar surface area (TPSA) is 46.5 Å². The Bertz CT molecular complexity index is 285. The number of carbonyl (C=O) groups excluding carboxylic acids is 1. The maximum atomic E-state index is 11.0. The second-order valence-electron chi connectivity index (χ2n) is 2.21. The molecule has 3 nitrogen and oxygen atoms in total. The van der Waals surface area contributed by atoms with E-state index in [0.29, 0.717) is 11.0 Å². The number of ether oxygens (including phenoxy) is 1. The van der Waals surface area contributed by atoms with E-state index < -0.39 is 5.97 Å². The summed E-state index contributed by atoms with van der Waals surface area (Å²) in [4.78, 5) is 11.0. The van der Waals surface area contributed by atoms with Gasteiger partial charge in [0.1, 0.15) is 0 Å². The van der Waals surface area contributed by atoms with Crippen molar-refractivity contribution >= 4 is 18.9 Å². The second kappa shape index (κ2) is 3.92. The molecule has 0 spiro atoms. The Morgan fingerprint density at radius 2 is 2.17 bits per heavy atom. The van der Waals surface area contributed by atoms with Crippen LogP contribution in [0.15, 0.2) is 24.3 Å². The van der Waals surface area contributed by atoms with Crippen LogP contribution in [0.25, 0.3) is 0 Å². The molecule has 0 bridgehead atoms. The zero-order chi connectivity index (χ0) is 8.97. The fourth-order valence-electron chi connectivity index (χ4n) is 0.905. The number of methoxy groups -OCH3 is 1. The van der Waals surface area contributed by atoms with Gasteiger partial charge in [-0.25, -0.2) is 4.79 Å². The molecule has 0 saturated carbocycles. The van der Waals surface area contributed by atoms with Crippen LogP contribution in [-0.2, 0) is 4.74 Å². The van der Waals surface area contributed by atoms with Crippen LogP contribution in [0.5, 0.6) is 0 Å². The highest BCUT2D eigenvalue weighted by Gasteiger charge is 2.09. The van der Waals surface area contributed by atoms with Gasteiger partial charge >= 0.3 is 13.5 Å². The Hall–Kier alpha value is -1.29. The number of benzene rings is 1. The smallest absolute Gasteiger partial charge is 0.337 e. The highest BCUT2D eigenvalue weighted by molar-refractivity contribution is 6.47. The molecule has 0 unspecified atom stereocenters. The van der Waals surface area contributed by atoms with Gasteiger partial charge < -0.3 is 9.76 Å². The van der Waals surface area contributed by atoms with Crippen LogP contribution >= 0.6 is 0 Å². The number of carbonyl (C=O) groups is 1. The van der Waals surface area contributed by atoms with Gasteiger partial charge in [-0.15, -0.1) is 0 Å². The van der Waals surface area contributed by atoms with Crippen LogP contribution in [-0.4, -0.2) is 25.6 Å². The molecule has 0 atom stereocenters. The third kappa shape index (κ3) is 1.65. The van der Waals surface area contributed by atoms with Crippen LogP contribution < -0.4 is 5.46 Å². The van der Waals surface area contributed by atoms with E-state index in [4.69, 9.17) is 5.02 Å². The summed E-state index contributed by atoms with van der Waals surface area (Å²) >= 11 is 0. The predicted molar refractivity (Wildman–Crippen MR) is 45.4 cm³/mol. The molecule has 1 aromatic carbocycles. The molecule has 0 aliphatic carbocycles. The number of hydrogen-bond donors (Lipinski definition) is 1. The average molecular weight is 163 g/mol. The fraction of sp³-hybridized carbons (Fsp3) is 0.125. The normalized spacial score (nSPS) is 9.17. The maximum absolute atomic E-state index is 11.0. The van der Waals surface area contributed by atoms with E-state index in [0.717, 1.165) is 7.48 Å². The van der Waals surface area contributed by atoms with Gasteiger partial charge in [0.15, 0.2) is 0 Å². The second-order valence-corrected chi connectivity index (χ2v) is 2.21. The quantitative estimate of drug-likeness (QED) is 0.481. The van der Waals surface area contributed by atoms with Gasteiger partial charge in [0, 0.05) is 0 Å². The molecule has 0 fully saturated rings. The lowest BCUT2D eigenvalue weighted by atomic mass is 9.84. The van der Waals surface area contributed by atoms with Gasteiger partial charge in [-0.3, -0.25) is 0 Å². The molecule has 0 aromatic heterocycles. The highest BCUT2D eigenvalue weighted by Crippen LogP contribution is 1.96. The van der Waals surface area contributed by atoms with Crippen molar-refractivity contribution in [2.45, 2.75) is 0 Å². The molecule has 0 amide bonds. The molecule has 1 aromatic rings. The standard InChI is InChI=1S/C8H8BO3/c1-12-8(10)6-4-2-3-5-7(6)9-11/h2-5,11H,1H3. The maximum Gasteiger partial charge on any atom is 0.337 e. The van der Waals surface area contributed by atoms with Crippen molar-refractivity contribution in [2.24, 2.45) is 0 Å². The van der Waals surface area contributed by atoms with Gasteiger partial charge in [-0.05, 0) is 11.5 Å². The Labute approximate surface area is 71.3 Å². The number of esters is 1. The molecular formula is C8H8BO3. The fourth-order valence-corrected chi connectivity index (χ4v) is 0.905. The summed E-state index contributed by atoms with van der Waals surface area (Å²) in [6, 6.07) is 6.66. The Morgan fingerprint density at radius 3 is 2.75 bits per heavy atom.